The van der Waals surface area contributed by atoms with E-state index in [2.05, 4.69) is 45.7 Å². The molecule has 3 heterocycles. The number of rotatable bonds is 3. The van der Waals surface area contributed by atoms with E-state index >= 15 is 0 Å². The third-order valence-electron chi connectivity index (χ3n) is 3.43. The molecular weight excluding hydrogens is 278 g/mol. The van der Waals surface area contributed by atoms with E-state index in [1.807, 2.05) is 18.3 Å². The van der Waals surface area contributed by atoms with Crippen LogP contribution in [0.1, 0.15) is 11.3 Å². The van der Waals surface area contributed by atoms with Crippen molar-refractivity contribution in [1.82, 2.24) is 15.0 Å². The van der Waals surface area contributed by atoms with Gasteiger partial charge in [0.2, 0.25) is 0 Å². The van der Waals surface area contributed by atoms with Crippen LogP contribution >= 0.6 is 11.3 Å². The number of benzene rings is 1. The molecular formula is C17H13N3S. The van der Waals surface area contributed by atoms with Crippen LogP contribution in [0, 0.1) is 0 Å². The van der Waals surface area contributed by atoms with Gasteiger partial charge < -0.3 is 4.98 Å². The van der Waals surface area contributed by atoms with Crippen LogP contribution in [0.25, 0.3) is 21.6 Å². The van der Waals surface area contributed by atoms with Gasteiger partial charge in [-0.2, -0.15) is 0 Å². The van der Waals surface area contributed by atoms with E-state index in [0.29, 0.717) is 0 Å². The van der Waals surface area contributed by atoms with Crippen LogP contribution in [0.3, 0.4) is 0 Å². The first-order valence-corrected chi connectivity index (χ1v) is 7.68. The molecule has 102 valence electrons. The number of nitrogens with zero attached hydrogens (tertiary/aromatic N) is 2. The molecule has 0 unspecified atom stereocenters. The minimum atomic E-state index is 0.874. The van der Waals surface area contributed by atoms with Crippen molar-refractivity contribution in [2.45, 2.75) is 6.42 Å². The average molecular weight is 291 g/mol. The topological polar surface area (TPSA) is 41.6 Å². The summed E-state index contributed by atoms with van der Waals surface area (Å²) in [4.78, 5) is 12.3. The number of nitrogens with one attached hydrogen (secondary N) is 1. The van der Waals surface area contributed by atoms with Gasteiger partial charge in [0.15, 0.2) is 0 Å². The van der Waals surface area contributed by atoms with Crippen LogP contribution in [-0.2, 0) is 6.42 Å². The number of aromatic nitrogens is 3. The molecule has 0 spiro atoms. The lowest BCUT2D eigenvalue weighted by molar-refractivity contribution is 1.11. The van der Waals surface area contributed by atoms with E-state index in [-0.39, 0.29) is 0 Å². The number of pyridine rings is 1. The van der Waals surface area contributed by atoms with E-state index in [4.69, 9.17) is 4.98 Å². The Morgan fingerprint density at radius 3 is 2.86 bits per heavy atom. The predicted octanol–water partition coefficient (Wildman–Crippen LogP) is 4.28. The number of thiazole rings is 1. The lowest BCUT2D eigenvalue weighted by atomic mass is 10.1. The molecule has 0 saturated heterocycles. The van der Waals surface area contributed by atoms with Gasteiger partial charge in [-0.25, -0.2) is 4.98 Å². The molecule has 0 radical (unpaired) electrons. The first-order valence-electron chi connectivity index (χ1n) is 6.80. The second-order valence-electron chi connectivity index (χ2n) is 4.95. The minimum absolute atomic E-state index is 0.874. The summed E-state index contributed by atoms with van der Waals surface area (Å²) in [5, 5.41) is 4.27. The summed E-state index contributed by atoms with van der Waals surface area (Å²) in [7, 11) is 0. The molecule has 0 aliphatic rings. The van der Waals surface area contributed by atoms with E-state index in [0.717, 1.165) is 33.7 Å². The summed E-state index contributed by atoms with van der Waals surface area (Å²) >= 11 is 1.67. The van der Waals surface area contributed by atoms with Crippen LogP contribution in [0.4, 0.5) is 0 Å². The van der Waals surface area contributed by atoms with Gasteiger partial charge in [-0.3, -0.25) is 4.98 Å². The maximum atomic E-state index is 4.74. The van der Waals surface area contributed by atoms with Gasteiger partial charge in [-0.15, -0.1) is 11.3 Å². The number of hydrogen-bond acceptors (Lipinski definition) is 3. The van der Waals surface area contributed by atoms with Crippen LogP contribution in [0.2, 0.25) is 0 Å². The lowest BCUT2D eigenvalue weighted by Crippen LogP contribution is -1.87. The van der Waals surface area contributed by atoms with Crippen LogP contribution in [-0.4, -0.2) is 15.0 Å². The molecule has 0 fully saturated rings. The Hall–Kier alpha value is -2.46. The van der Waals surface area contributed by atoms with E-state index in [1.54, 1.807) is 17.5 Å². The van der Waals surface area contributed by atoms with Crippen molar-refractivity contribution in [3.05, 3.63) is 71.5 Å². The molecule has 4 aromatic rings. The first kappa shape index (κ1) is 12.3. The van der Waals surface area contributed by atoms with Crippen molar-refractivity contribution in [3.8, 4) is 10.7 Å². The first-order chi connectivity index (χ1) is 10.4. The highest BCUT2D eigenvalue weighted by atomic mass is 32.1. The SMILES string of the molecule is c1ccc(Cc2csc(-c3cc4cnccc4[nH]3)n2)cc1. The number of hydrogen-bond donors (Lipinski definition) is 1. The minimum Gasteiger partial charge on any atom is -0.352 e. The number of aromatic amines is 1. The van der Waals surface area contributed by atoms with E-state index < -0.39 is 0 Å². The normalized spacial score (nSPS) is 11.0. The second-order valence-corrected chi connectivity index (χ2v) is 5.81. The molecule has 21 heavy (non-hydrogen) atoms. The molecule has 0 amide bonds. The van der Waals surface area contributed by atoms with Gasteiger partial charge in [0.1, 0.15) is 5.01 Å². The smallest absolute Gasteiger partial charge is 0.139 e. The molecule has 3 nitrogen and oxygen atoms in total. The molecule has 3 aromatic heterocycles. The highest BCUT2D eigenvalue weighted by Gasteiger charge is 2.08. The molecule has 4 heteroatoms. The molecule has 4 rings (SSSR count). The Morgan fingerprint density at radius 2 is 2.00 bits per heavy atom. The number of H-pyrrole nitrogens is 1. The van der Waals surface area contributed by atoms with Gasteiger partial charge in [-0.05, 0) is 17.7 Å². The molecule has 1 N–H and O–H groups in total. The van der Waals surface area contributed by atoms with Crippen molar-refractivity contribution in [3.63, 3.8) is 0 Å². The summed E-state index contributed by atoms with van der Waals surface area (Å²) in [5.74, 6) is 0. The average Bonchev–Trinajstić information content (AvgIpc) is 3.14. The largest absolute Gasteiger partial charge is 0.352 e. The third-order valence-corrected chi connectivity index (χ3v) is 4.36. The summed E-state index contributed by atoms with van der Waals surface area (Å²) in [6, 6.07) is 14.5. The van der Waals surface area contributed by atoms with Crippen molar-refractivity contribution in [1.29, 1.82) is 0 Å². The molecule has 1 aromatic carbocycles. The Morgan fingerprint density at radius 1 is 1.10 bits per heavy atom. The zero-order valence-corrected chi connectivity index (χ0v) is 12.1. The Balaban J connectivity index is 1.64. The van der Waals surface area contributed by atoms with Crippen LogP contribution in [0.5, 0.6) is 0 Å². The quantitative estimate of drug-likeness (QED) is 0.612. The van der Waals surface area contributed by atoms with E-state index in [9.17, 15) is 0 Å². The van der Waals surface area contributed by atoms with E-state index in [1.165, 1.54) is 5.56 Å². The Kier molecular flexibility index (Phi) is 3.01. The molecule has 0 saturated carbocycles. The van der Waals surface area contributed by atoms with Crippen molar-refractivity contribution >= 4 is 22.2 Å². The van der Waals surface area contributed by atoms with Gasteiger partial charge in [0.25, 0.3) is 0 Å². The summed E-state index contributed by atoms with van der Waals surface area (Å²) < 4.78 is 0. The van der Waals surface area contributed by atoms with Crippen LogP contribution in [0.15, 0.2) is 60.2 Å². The maximum Gasteiger partial charge on any atom is 0.139 e. The Bertz CT molecular complexity index is 844. The fourth-order valence-corrected chi connectivity index (χ4v) is 3.19. The second kappa shape index (κ2) is 5.14. The van der Waals surface area contributed by atoms with Gasteiger partial charge in [-0.1, -0.05) is 30.3 Å². The van der Waals surface area contributed by atoms with Gasteiger partial charge in [0.05, 0.1) is 11.4 Å². The molecule has 0 aliphatic heterocycles. The monoisotopic (exact) mass is 291 g/mol. The third kappa shape index (κ3) is 2.45. The zero-order valence-electron chi connectivity index (χ0n) is 11.3. The predicted molar refractivity (Wildman–Crippen MR) is 86.4 cm³/mol. The van der Waals surface area contributed by atoms with Gasteiger partial charge in [0, 0.05) is 35.1 Å². The summed E-state index contributed by atoms with van der Waals surface area (Å²) in [6.07, 6.45) is 4.54. The van der Waals surface area contributed by atoms with Crippen molar-refractivity contribution in [2.75, 3.05) is 0 Å². The molecule has 0 bridgehead atoms. The summed E-state index contributed by atoms with van der Waals surface area (Å²) in [6.45, 7) is 0. The number of fused-ring (bicyclic) bond motifs is 1. The van der Waals surface area contributed by atoms with Crippen molar-refractivity contribution in [2.24, 2.45) is 0 Å². The van der Waals surface area contributed by atoms with Crippen molar-refractivity contribution < 1.29 is 0 Å². The fourth-order valence-electron chi connectivity index (χ4n) is 2.40. The summed E-state index contributed by atoms with van der Waals surface area (Å²) in [5.41, 5.74) is 4.55. The lowest BCUT2D eigenvalue weighted by Gasteiger charge is -1.96. The standard InChI is InChI=1S/C17H13N3S/c1-2-4-12(5-3-1)8-14-11-21-17(19-14)16-9-13-10-18-7-6-15(13)20-16/h1-7,9-11,20H,8H2. The van der Waals surface area contributed by atoms with Crippen LogP contribution < -0.4 is 0 Å². The zero-order chi connectivity index (χ0) is 14.1. The highest BCUT2D eigenvalue weighted by molar-refractivity contribution is 7.13. The molecule has 0 atom stereocenters. The maximum absolute atomic E-state index is 4.74. The highest BCUT2D eigenvalue weighted by Crippen LogP contribution is 2.27. The fraction of sp³-hybridized carbons (Fsp3) is 0.0588. The Labute approximate surface area is 126 Å². The molecule has 0 aliphatic carbocycles. The van der Waals surface area contributed by atoms with Gasteiger partial charge >= 0.3 is 0 Å².